The number of amides is 2. The highest BCUT2D eigenvalue weighted by molar-refractivity contribution is 5.97. The van der Waals surface area contributed by atoms with Gasteiger partial charge in [0.1, 0.15) is 0 Å². The van der Waals surface area contributed by atoms with Crippen LogP contribution in [0.25, 0.3) is 0 Å². The average molecular weight is 294 g/mol. The Labute approximate surface area is 129 Å². The molecule has 0 bridgehead atoms. The summed E-state index contributed by atoms with van der Waals surface area (Å²) in [6, 6.07) is 15.1. The van der Waals surface area contributed by atoms with Crippen molar-refractivity contribution < 1.29 is 9.59 Å². The quantitative estimate of drug-likeness (QED) is 0.912. The maximum absolute atomic E-state index is 12.3. The first-order valence-corrected chi connectivity index (χ1v) is 7.38. The van der Waals surface area contributed by atoms with Crippen LogP contribution in [-0.4, -0.2) is 24.9 Å². The van der Waals surface area contributed by atoms with Crippen molar-refractivity contribution in [1.82, 2.24) is 10.6 Å². The Hall–Kier alpha value is -2.62. The number of carbonyl (C=O) groups is 2. The molecule has 1 aliphatic heterocycles. The monoisotopic (exact) mass is 294 g/mol. The van der Waals surface area contributed by atoms with Crippen molar-refractivity contribution >= 4 is 11.8 Å². The summed E-state index contributed by atoms with van der Waals surface area (Å²) in [7, 11) is 0. The highest BCUT2D eigenvalue weighted by Crippen LogP contribution is 2.23. The molecule has 1 atom stereocenters. The summed E-state index contributed by atoms with van der Waals surface area (Å²) >= 11 is 0. The van der Waals surface area contributed by atoms with Crippen LogP contribution in [0, 0.1) is 6.92 Å². The van der Waals surface area contributed by atoms with E-state index < -0.39 is 0 Å². The molecular formula is C18H18N2O2. The van der Waals surface area contributed by atoms with Crippen molar-refractivity contribution in [3.05, 3.63) is 70.8 Å². The van der Waals surface area contributed by atoms with Crippen LogP contribution in [0.5, 0.6) is 0 Å². The van der Waals surface area contributed by atoms with E-state index in [9.17, 15) is 9.59 Å². The molecule has 22 heavy (non-hydrogen) atoms. The zero-order valence-corrected chi connectivity index (χ0v) is 12.4. The fourth-order valence-electron chi connectivity index (χ4n) is 2.80. The Bertz CT molecular complexity index is 725. The molecule has 1 unspecified atom stereocenters. The van der Waals surface area contributed by atoms with Crippen molar-refractivity contribution in [2.24, 2.45) is 0 Å². The average Bonchev–Trinajstić information content (AvgIpc) is 2.55. The summed E-state index contributed by atoms with van der Waals surface area (Å²) in [4.78, 5) is 24.1. The molecule has 0 saturated carbocycles. The molecule has 0 spiro atoms. The molecule has 0 aliphatic carbocycles. The van der Waals surface area contributed by atoms with Crippen molar-refractivity contribution in [2.45, 2.75) is 12.8 Å². The molecule has 2 N–H and O–H groups in total. The molecule has 1 aliphatic rings. The fraction of sp³-hybridized carbons (Fsp3) is 0.222. The summed E-state index contributed by atoms with van der Waals surface area (Å²) < 4.78 is 0. The second-order valence-electron chi connectivity index (χ2n) is 5.52. The number of fused-ring (bicyclic) bond motifs is 1. The number of aryl methyl sites for hydroxylation is 1. The molecule has 4 heteroatoms. The van der Waals surface area contributed by atoms with Gasteiger partial charge in [-0.25, -0.2) is 0 Å². The maximum Gasteiger partial charge on any atom is 0.251 e. The first kappa shape index (κ1) is 14.3. The van der Waals surface area contributed by atoms with Crippen LogP contribution in [-0.2, 0) is 0 Å². The lowest BCUT2D eigenvalue weighted by Gasteiger charge is -2.26. The Balaban J connectivity index is 1.73. The number of nitrogens with one attached hydrogen (secondary N) is 2. The summed E-state index contributed by atoms with van der Waals surface area (Å²) in [6.07, 6.45) is 0. The number of hydrogen-bond acceptors (Lipinski definition) is 2. The second kappa shape index (κ2) is 6.02. The van der Waals surface area contributed by atoms with Crippen molar-refractivity contribution in [2.75, 3.05) is 13.1 Å². The van der Waals surface area contributed by atoms with Gasteiger partial charge < -0.3 is 10.6 Å². The van der Waals surface area contributed by atoms with Gasteiger partial charge in [0.15, 0.2) is 0 Å². The Morgan fingerprint density at radius 3 is 2.73 bits per heavy atom. The first-order chi connectivity index (χ1) is 10.7. The van der Waals surface area contributed by atoms with Gasteiger partial charge in [-0.3, -0.25) is 9.59 Å². The van der Waals surface area contributed by atoms with Crippen LogP contribution < -0.4 is 10.6 Å². The molecular weight excluding hydrogens is 276 g/mol. The van der Waals surface area contributed by atoms with Crippen LogP contribution in [0.3, 0.4) is 0 Å². The number of carbonyl (C=O) groups excluding carboxylic acids is 2. The number of benzene rings is 2. The Kier molecular flexibility index (Phi) is 3.92. The fourth-order valence-corrected chi connectivity index (χ4v) is 2.80. The number of hydrogen-bond donors (Lipinski definition) is 2. The van der Waals surface area contributed by atoms with E-state index >= 15 is 0 Å². The van der Waals surface area contributed by atoms with Gasteiger partial charge in [-0.1, -0.05) is 36.4 Å². The smallest absolute Gasteiger partial charge is 0.251 e. The third-order valence-corrected chi connectivity index (χ3v) is 4.05. The molecule has 112 valence electrons. The standard InChI is InChI=1S/C18H18N2O2/c1-12-6-2-3-7-14(12)17(21)19-10-13-11-20-18(22)16-9-5-4-8-15(13)16/h2-9,13H,10-11H2,1H3,(H,19,21)(H,20,22). The maximum atomic E-state index is 12.3. The third kappa shape index (κ3) is 2.72. The summed E-state index contributed by atoms with van der Waals surface area (Å²) in [5.74, 6) is -0.0218. The van der Waals surface area contributed by atoms with Gasteiger partial charge in [-0.2, -0.15) is 0 Å². The van der Waals surface area contributed by atoms with E-state index in [1.807, 2.05) is 55.5 Å². The normalized spacial score (nSPS) is 16.6. The van der Waals surface area contributed by atoms with Crippen LogP contribution >= 0.6 is 0 Å². The lowest BCUT2D eigenvalue weighted by Crippen LogP contribution is -2.40. The highest BCUT2D eigenvalue weighted by Gasteiger charge is 2.25. The molecule has 1 heterocycles. The Morgan fingerprint density at radius 1 is 1.18 bits per heavy atom. The summed E-state index contributed by atoms with van der Waals surface area (Å²) in [5.41, 5.74) is 3.34. The van der Waals surface area contributed by atoms with E-state index in [0.29, 0.717) is 24.2 Å². The van der Waals surface area contributed by atoms with E-state index in [1.165, 1.54) is 0 Å². The van der Waals surface area contributed by atoms with Crippen molar-refractivity contribution in [1.29, 1.82) is 0 Å². The minimum atomic E-state index is -0.0764. The van der Waals surface area contributed by atoms with Gasteiger partial charge in [0.05, 0.1) is 0 Å². The molecule has 2 amide bonds. The van der Waals surface area contributed by atoms with E-state index in [-0.39, 0.29) is 17.7 Å². The first-order valence-electron chi connectivity index (χ1n) is 7.38. The van der Waals surface area contributed by atoms with Gasteiger partial charge in [0.2, 0.25) is 0 Å². The molecule has 3 rings (SSSR count). The van der Waals surface area contributed by atoms with Crippen LogP contribution in [0.2, 0.25) is 0 Å². The van der Waals surface area contributed by atoms with Crippen molar-refractivity contribution in [3.8, 4) is 0 Å². The minimum absolute atomic E-state index is 0.0444. The van der Waals surface area contributed by atoms with Gasteiger partial charge in [-0.15, -0.1) is 0 Å². The predicted molar refractivity (Wildman–Crippen MR) is 85.0 cm³/mol. The lowest BCUT2D eigenvalue weighted by molar-refractivity contribution is 0.0935. The van der Waals surface area contributed by atoms with Gasteiger partial charge in [-0.05, 0) is 30.2 Å². The molecule has 4 nitrogen and oxygen atoms in total. The zero-order valence-electron chi connectivity index (χ0n) is 12.4. The van der Waals surface area contributed by atoms with Crippen molar-refractivity contribution in [3.63, 3.8) is 0 Å². The molecule has 0 radical (unpaired) electrons. The van der Waals surface area contributed by atoms with Gasteiger partial charge in [0, 0.05) is 30.1 Å². The molecule has 0 fully saturated rings. The van der Waals surface area contributed by atoms with Crippen LogP contribution in [0.15, 0.2) is 48.5 Å². The highest BCUT2D eigenvalue weighted by atomic mass is 16.2. The van der Waals surface area contributed by atoms with E-state index in [0.717, 1.165) is 11.1 Å². The third-order valence-electron chi connectivity index (χ3n) is 4.05. The largest absolute Gasteiger partial charge is 0.351 e. The second-order valence-corrected chi connectivity index (χ2v) is 5.52. The predicted octanol–water partition coefficient (Wildman–Crippen LogP) is 2.25. The Morgan fingerprint density at radius 2 is 1.91 bits per heavy atom. The molecule has 0 saturated heterocycles. The topological polar surface area (TPSA) is 58.2 Å². The molecule has 2 aromatic rings. The van der Waals surface area contributed by atoms with Gasteiger partial charge in [0.25, 0.3) is 11.8 Å². The SMILES string of the molecule is Cc1ccccc1C(=O)NCC1CNC(=O)c2ccccc21. The molecule has 0 aromatic heterocycles. The van der Waals surface area contributed by atoms with E-state index in [4.69, 9.17) is 0 Å². The summed E-state index contributed by atoms with van der Waals surface area (Å²) in [5, 5.41) is 5.85. The summed E-state index contributed by atoms with van der Waals surface area (Å²) in [6.45, 7) is 2.97. The zero-order chi connectivity index (χ0) is 15.5. The number of rotatable bonds is 3. The minimum Gasteiger partial charge on any atom is -0.351 e. The van der Waals surface area contributed by atoms with Crippen LogP contribution in [0.4, 0.5) is 0 Å². The van der Waals surface area contributed by atoms with Gasteiger partial charge >= 0.3 is 0 Å². The van der Waals surface area contributed by atoms with Crippen LogP contribution in [0.1, 0.15) is 37.8 Å². The van der Waals surface area contributed by atoms with E-state index in [2.05, 4.69) is 10.6 Å². The van der Waals surface area contributed by atoms with E-state index in [1.54, 1.807) is 0 Å². The molecule has 2 aromatic carbocycles. The lowest BCUT2D eigenvalue weighted by atomic mass is 9.90.